The van der Waals surface area contributed by atoms with Gasteiger partial charge in [0.05, 0.1) is 11.5 Å². The minimum atomic E-state index is -0.416. The van der Waals surface area contributed by atoms with Crippen LogP contribution in [-0.2, 0) is 5.41 Å². The molecule has 0 aliphatic rings. The summed E-state index contributed by atoms with van der Waals surface area (Å²) in [6.07, 6.45) is 1.83. The standard InChI is InChI=1S/C11H14BrFOS/c1-11(2,6-14)7-4-8(12)10(15-3)9(13)5-7/h4-5,14H,6H2,1-3H3. The predicted molar refractivity (Wildman–Crippen MR) is 66.0 cm³/mol. The number of thioether (sulfide) groups is 1. The van der Waals surface area contributed by atoms with Crippen molar-refractivity contribution in [2.75, 3.05) is 12.9 Å². The van der Waals surface area contributed by atoms with Gasteiger partial charge in [-0.25, -0.2) is 4.39 Å². The molecule has 15 heavy (non-hydrogen) atoms. The summed E-state index contributed by atoms with van der Waals surface area (Å²) in [6, 6.07) is 3.36. The molecule has 1 N–H and O–H groups in total. The van der Waals surface area contributed by atoms with E-state index in [1.807, 2.05) is 26.2 Å². The molecule has 1 nitrogen and oxygen atoms in total. The molecule has 0 aliphatic carbocycles. The molecule has 1 rings (SSSR count). The van der Waals surface area contributed by atoms with E-state index in [4.69, 9.17) is 0 Å². The highest BCUT2D eigenvalue weighted by atomic mass is 79.9. The summed E-state index contributed by atoms with van der Waals surface area (Å²) >= 11 is 4.70. The van der Waals surface area contributed by atoms with Crippen LogP contribution in [0.5, 0.6) is 0 Å². The zero-order chi connectivity index (χ0) is 11.6. The number of hydrogen-bond donors (Lipinski definition) is 1. The zero-order valence-electron chi connectivity index (χ0n) is 8.97. The summed E-state index contributed by atoms with van der Waals surface area (Å²) in [5.74, 6) is -0.242. The second-order valence-corrected chi connectivity index (χ2v) is 5.69. The SMILES string of the molecule is CSc1c(F)cc(C(C)(C)CO)cc1Br. The molecule has 0 fully saturated rings. The van der Waals surface area contributed by atoms with E-state index in [9.17, 15) is 9.50 Å². The van der Waals surface area contributed by atoms with Gasteiger partial charge in [-0.3, -0.25) is 0 Å². The van der Waals surface area contributed by atoms with Crippen molar-refractivity contribution in [3.63, 3.8) is 0 Å². The molecular formula is C11H14BrFOS. The number of halogens is 2. The lowest BCUT2D eigenvalue weighted by Crippen LogP contribution is -2.22. The van der Waals surface area contributed by atoms with E-state index in [0.29, 0.717) is 4.90 Å². The lowest BCUT2D eigenvalue weighted by molar-refractivity contribution is 0.218. The molecule has 0 unspecified atom stereocenters. The maximum Gasteiger partial charge on any atom is 0.138 e. The fraction of sp³-hybridized carbons (Fsp3) is 0.455. The van der Waals surface area contributed by atoms with Crippen molar-refractivity contribution in [3.8, 4) is 0 Å². The third kappa shape index (κ3) is 2.74. The van der Waals surface area contributed by atoms with Crippen LogP contribution in [0, 0.1) is 5.82 Å². The van der Waals surface area contributed by atoms with Crippen molar-refractivity contribution in [2.24, 2.45) is 0 Å². The Morgan fingerprint density at radius 1 is 1.47 bits per heavy atom. The van der Waals surface area contributed by atoms with Crippen molar-refractivity contribution in [1.82, 2.24) is 0 Å². The van der Waals surface area contributed by atoms with Crippen LogP contribution in [0.4, 0.5) is 4.39 Å². The van der Waals surface area contributed by atoms with Crippen LogP contribution in [0.3, 0.4) is 0 Å². The summed E-state index contributed by atoms with van der Waals surface area (Å²) in [7, 11) is 0. The Hall–Kier alpha value is -0.0600. The van der Waals surface area contributed by atoms with E-state index < -0.39 is 5.41 Å². The first-order valence-corrected chi connectivity index (χ1v) is 6.58. The second kappa shape index (κ2) is 4.85. The van der Waals surface area contributed by atoms with Crippen LogP contribution in [0.2, 0.25) is 0 Å². The van der Waals surface area contributed by atoms with Crippen molar-refractivity contribution in [3.05, 3.63) is 28.0 Å². The maximum absolute atomic E-state index is 13.6. The topological polar surface area (TPSA) is 20.2 Å². The van der Waals surface area contributed by atoms with Crippen molar-refractivity contribution in [2.45, 2.75) is 24.2 Å². The molecular weight excluding hydrogens is 279 g/mol. The number of hydrogen-bond acceptors (Lipinski definition) is 2. The Bertz CT molecular complexity index is 343. The van der Waals surface area contributed by atoms with Gasteiger partial charge in [0.15, 0.2) is 0 Å². The molecule has 0 aliphatic heterocycles. The van der Waals surface area contributed by atoms with Crippen LogP contribution in [-0.4, -0.2) is 18.0 Å². The molecule has 0 radical (unpaired) electrons. The number of rotatable bonds is 3. The Morgan fingerprint density at radius 3 is 2.47 bits per heavy atom. The Morgan fingerprint density at radius 2 is 2.07 bits per heavy atom. The lowest BCUT2D eigenvalue weighted by atomic mass is 9.86. The first-order valence-electron chi connectivity index (χ1n) is 4.56. The molecule has 0 bridgehead atoms. The number of benzene rings is 1. The summed E-state index contributed by atoms with van der Waals surface area (Å²) in [5, 5.41) is 9.21. The Kier molecular flexibility index (Phi) is 4.20. The van der Waals surface area contributed by atoms with Gasteiger partial charge in [0.1, 0.15) is 5.82 Å². The van der Waals surface area contributed by atoms with Crippen molar-refractivity contribution in [1.29, 1.82) is 0 Å². The van der Waals surface area contributed by atoms with Crippen LogP contribution < -0.4 is 0 Å². The highest BCUT2D eigenvalue weighted by Crippen LogP contribution is 2.33. The fourth-order valence-electron chi connectivity index (χ4n) is 1.24. The zero-order valence-corrected chi connectivity index (χ0v) is 11.4. The molecule has 0 spiro atoms. The second-order valence-electron chi connectivity index (χ2n) is 4.02. The van der Waals surface area contributed by atoms with Crippen LogP contribution in [0.1, 0.15) is 19.4 Å². The molecule has 1 aromatic carbocycles. The smallest absolute Gasteiger partial charge is 0.138 e. The quantitative estimate of drug-likeness (QED) is 0.860. The van der Waals surface area contributed by atoms with Gasteiger partial charge >= 0.3 is 0 Å². The highest BCUT2D eigenvalue weighted by molar-refractivity contribution is 9.10. The molecule has 0 saturated carbocycles. The third-order valence-electron chi connectivity index (χ3n) is 2.38. The van der Waals surface area contributed by atoms with Gasteiger partial charge in [0, 0.05) is 9.89 Å². The molecule has 0 saturated heterocycles. The first kappa shape index (κ1) is 13.0. The van der Waals surface area contributed by atoms with Gasteiger partial charge in [-0.15, -0.1) is 11.8 Å². The number of aliphatic hydroxyl groups is 1. The summed E-state index contributed by atoms with van der Waals surface area (Å²) < 4.78 is 14.4. The van der Waals surface area contributed by atoms with E-state index in [-0.39, 0.29) is 12.4 Å². The normalized spacial score (nSPS) is 11.9. The van der Waals surface area contributed by atoms with Crippen LogP contribution in [0.15, 0.2) is 21.5 Å². The summed E-state index contributed by atoms with van der Waals surface area (Å²) in [4.78, 5) is 0.604. The van der Waals surface area contributed by atoms with Gasteiger partial charge < -0.3 is 5.11 Å². The van der Waals surface area contributed by atoms with Gasteiger partial charge in [-0.05, 0) is 39.9 Å². The maximum atomic E-state index is 13.6. The van der Waals surface area contributed by atoms with Gasteiger partial charge in [-0.2, -0.15) is 0 Å². The van der Waals surface area contributed by atoms with Gasteiger partial charge in [0.2, 0.25) is 0 Å². The molecule has 0 amide bonds. The highest BCUT2D eigenvalue weighted by Gasteiger charge is 2.22. The van der Waals surface area contributed by atoms with Gasteiger partial charge in [-0.1, -0.05) is 13.8 Å². The largest absolute Gasteiger partial charge is 0.395 e. The monoisotopic (exact) mass is 292 g/mol. The first-order chi connectivity index (χ1) is 6.92. The minimum Gasteiger partial charge on any atom is -0.395 e. The summed E-state index contributed by atoms with van der Waals surface area (Å²) in [6.45, 7) is 3.76. The Balaban J connectivity index is 3.26. The Labute approximate surface area is 102 Å². The van der Waals surface area contributed by atoms with Crippen molar-refractivity contribution < 1.29 is 9.50 Å². The minimum absolute atomic E-state index is 0.00249. The van der Waals surface area contributed by atoms with Crippen LogP contribution in [0.25, 0.3) is 0 Å². The van der Waals surface area contributed by atoms with Crippen LogP contribution >= 0.6 is 27.7 Å². The lowest BCUT2D eigenvalue weighted by Gasteiger charge is -2.23. The van der Waals surface area contributed by atoms with E-state index in [1.54, 1.807) is 0 Å². The fourth-order valence-corrected chi connectivity index (χ4v) is 2.67. The van der Waals surface area contributed by atoms with Crippen molar-refractivity contribution >= 4 is 27.7 Å². The number of aliphatic hydroxyl groups excluding tert-OH is 1. The predicted octanol–water partition coefficient (Wildman–Crippen LogP) is 3.58. The molecule has 84 valence electrons. The summed E-state index contributed by atoms with van der Waals surface area (Å²) in [5.41, 5.74) is 0.382. The average Bonchev–Trinajstić information content (AvgIpc) is 2.17. The molecule has 0 atom stereocenters. The molecule has 1 aromatic rings. The van der Waals surface area contributed by atoms with E-state index in [1.165, 1.54) is 17.8 Å². The molecule has 4 heteroatoms. The molecule has 0 aromatic heterocycles. The molecule has 0 heterocycles. The average molecular weight is 293 g/mol. The van der Waals surface area contributed by atoms with Gasteiger partial charge in [0.25, 0.3) is 0 Å². The third-order valence-corrected chi connectivity index (χ3v) is 4.09. The van der Waals surface area contributed by atoms with E-state index >= 15 is 0 Å². The van der Waals surface area contributed by atoms with E-state index in [0.717, 1.165) is 10.0 Å². The van der Waals surface area contributed by atoms with E-state index in [2.05, 4.69) is 15.9 Å².